The first-order valence-electron chi connectivity index (χ1n) is 10.0. The van der Waals surface area contributed by atoms with E-state index in [9.17, 15) is 0 Å². The summed E-state index contributed by atoms with van der Waals surface area (Å²) in [6, 6.07) is 22.0. The molecule has 3 aromatic carbocycles. The largest absolute Gasteiger partial charge is 0.461 e. The Balaban J connectivity index is 0.00000306. The predicted molar refractivity (Wildman–Crippen MR) is 136 cm³/mol. The molecule has 6 N–H and O–H groups in total. The van der Waals surface area contributed by atoms with Crippen LogP contribution in [0.25, 0.3) is 0 Å². The van der Waals surface area contributed by atoms with Crippen LogP contribution in [0.1, 0.15) is 23.7 Å². The third-order valence-electron chi connectivity index (χ3n) is 4.30. The van der Waals surface area contributed by atoms with Gasteiger partial charge in [-0.1, -0.05) is 42.5 Å². The molecule has 2 unspecified atom stereocenters. The molecule has 0 saturated heterocycles. The molecule has 11 heteroatoms. The van der Waals surface area contributed by atoms with Gasteiger partial charge < -0.3 is 30.4 Å². The Morgan fingerprint density at radius 2 is 1.17 bits per heavy atom. The number of nitrogens with one attached hydrogen (secondary N) is 2. The molecule has 0 aromatic heterocycles. The molecule has 188 valence electrons. The zero-order valence-corrected chi connectivity index (χ0v) is 20.2. The Labute approximate surface area is 215 Å². The minimum Gasteiger partial charge on any atom is -0.461 e. The highest BCUT2D eigenvalue weighted by Crippen LogP contribution is 2.29. The average molecular weight is 525 g/mol. The van der Waals surface area contributed by atoms with Gasteiger partial charge in [-0.3, -0.25) is 10.8 Å². The van der Waals surface area contributed by atoms with Crippen molar-refractivity contribution in [2.24, 2.45) is 11.5 Å². The summed E-state index contributed by atoms with van der Waals surface area (Å²) in [6.07, 6.45) is -2.15. The number of ether oxygens (including phenoxy) is 4. The maximum atomic E-state index is 15.2. The molecule has 3 rings (SSSR count). The second-order valence-electron chi connectivity index (χ2n) is 6.98. The molecule has 0 aliphatic carbocycles. The topological polar surface area (TPSA) is 137 Å². The van der Waals surface area contributed by atoms with Crippen molar-refractivity contribution < 1.29 is 23.3 Å². The van der Waals surface area contributed by atoms with Crippen molar-refractivity contribution in [1.29, 1.82) is 10.8 Å². The first-order chi connectivity index (χ1) is 15.9. The van der Waals surface area contributed by atoms with Gasteiger partial charge in [0.2, 0.25) is 12.6 Å². The number of halogens is 3. The number of benzene rings is 3. The van der Waals surface area contributed by atoms with Gasteiger partial charge in [-0.15, -0.1) is 24.8 Å². The molecule has 0 saturated carbocycles. The number of amidine groups is 2. The third-order valence-corrected chi connectivity index (χ3v) is 4.30. The lowest BCUT2D eigenvalue weighted by atomic mass is 10.1. The molecule has 2 atom stereocenters. The number of rotatable bonds is 12. The minimum atomic E-state index is -1.14. The van der Waals surface area contributed by atoms with Gasteiger partial charge in [-0.2, -0.15) is 0 Å². The fraction of sp³-hybridized carbons (Fsp3) is 0.167. The lowest BCUT2D eigenvalue weighted by Gasteiger charge is -2.23. The van der Waals surface area contributed by atoms with Gasteiger partial charge in [0.25, 0.3) is 0 Å². The molecule has 0 aliphatic heterocycles. The zero-order valence-electron chi connectivity index (χ0n) is 18.6. The fourth-order valence-electron chi connectivity index (χ4n) is 2.84. The van der Waals surface area contributed by atoms with Gasteiger partial charge >= 0.3 is 0 Å². The molecule has 0 spiro atoms. The van der Waals surface area contributed by atoms with E-state index in [1.54, 1.807) is 54.6 Å². The molecule has 3 aromatic rings. The Morgan fingerprint density at radius 1 is 0.714 bits per heavy atom. The zero-order chi connectivity index (χ0) is 23.6. The normalized spacial score (nSPS) is 11.8. The van der Waals surface area contributed by atoms with Crippen molar-refractivity contribution >= 4 is 36.5 Å². The molecule has 0 amide bonds. The van der Waals surface area contributed by atoms with Crippen LogP contribution >= 0.6 is 24.8 Å². The number of nitrogens with two attached hydrogens (primary N) is 2. The van der Waals surface area contributed by atoms with Crippen molar-refractivity contribution in [3.05, 3.63) is 95.8 Å². The lowest BCUT2D eigenvalue weighted by molar-refractivity contribution is -0.0729. The Bertz CT molecular complexity index is 1080. The molecular weight excluding hydrogens is 498 g/mol. The summed E-state index contributed by atoms with van der Waals surface area (Å²) in [4.78, 5) is 0. The van der Waals surface area contributed by atoms with Crippen LogP contribution < -0.4 is 20.9 Å². The standard InChI is InChI=1S/C24H25FN4O4.2ClH/c25-20-13-16(23(30-14-21(26)27)32-17-7-3-1-4-8-17)11-12-19(20)24(31-15-22(28)29)33-18-9-5-2-6-10-18;;/h1-13,23-24H,14-15H2,(H3,26,27)(H3,28,29);2*1H. The van der Waals surface area contributed by atoms with Crippen molar-refractivity contribution in [3.8, 4) is 11.5 Å². The Hall–Kier alpha value is -3.37. The Kier molecular flexibility index (Phi) is 12.5. The van der Waals surface area contributed by atoms with E-state index in [0.29, 0.717) is 17.1 Å². The first kappa shape index (κ1) is 29.7. The summed E-state index contributed by atoms with van der Waals surface area (Å²) in [5, 5.41) is 14.8. The SMILES string of the molecule is Cl.Cl.N=C(N)COC(Oc1ccccc1)c1ccc(C(OCC(=N)N)Oc2ccccc2)c(F)c1. The van der Waals surface area contributed by atoms with Crippen molar-refractivity contribution in [1.82, 2.24) is 0 Å². The van der Waals surface area contributed by atoms with Crippen molar-refractivity contribution in [2.75, 3.05) is 13.2 Å². The number of hydrogen-bond acceptors (Lipinski definition) is 6. The van der Waals surface area contributed by atoms with Crippen LogP contribution in [0.5, 0.6) is 11.5 Å². The van der Waals surface area contributed by atoms with E-state index in [-0.39, 0.29) is 55.3 Å². The summed E-state index contributed by atoms with van der Waals surface area (Å²) in [5.74, 6) is -0.0781. The van der Waals surface area contributed by atoms with Crippen LogP contribution in [-0.4, -0.2) is 24.9 Å². The van der Waals surface area contributed by atoms with Crippen LogP contribution in [0.15, 0.2) is 78.9 Å². The van der Waals surface area contributed by atoms with Gasteiger partial charge in [0.15, 0.2) is 0 Å². The van der Waals surface area contributed by atoms with E-state index >= 15 is 4.39 Å². The molecule has 0 radical (unpaired) electrons. The summed E-state index contributed by atoms with van der Waals surface area (Å²) in [5.41, 5.74) is 11.3. The highest BCUT2D eigenvalue weighted by Gasteiger charge is 2.22. The van der Waals surface area contributed by atoms with E-state index in [4.69, 9.17) is 41.2 Å². The molecule has 35 heavy (non-hydrogen) atoms. The number of para-hydroxylation sites is 2. The van der Waals surface area contributed by atoms with Crippen LogP contribution in [-0.2, 0) is 9.47 Å². The lowest BCUT2D eigenvalue weighted by Crippen LogP contribution is -2.23. The van der Waals surface area contributed by atoms with Gasteiger partial charge in [0.05, 0.1) is 5.56 Å². The Morgan fingerprint density at radius 3 is 1.63 bits per heavy atom. The molecule has 0 heterocycles. The van der Waals surface area contributed by atoms with Crippen LogP contribution in [0.2, 0.25) is 0 Å². The second kappa shape index (κ2) is 14.8. The van der Waals surface area contributed by atoms with Crippen LogP contribution in [0, 0.1) is 16.6 Å². The smallest absolute Gasteiger partial charge is 0.229 e. The fourth-order valence-corrected chi connectivity index (χ4v) is 2.84. The molecule has 0 fully saturated rings. The van der Waals surface area contributed by atoms with Crippen LogP contribution in [0.4, 0.5) is 4.39 Å². The van der Waals surface area contributed by atoms with E-state index in [2.05, 4.69) is 0 Å². The maximum absolute atomic E-state index is 15.2. The predicted octanol–water partition coefficient (Wildman–Crippen LogP) is 4.73. The summed E-state index contributed by atoms with van der Waals surface area (Å²) in [7, 11) is 0. The molecular formula is C24H27Cl2FN4O4. The number of hydrogen-bond donors (Lipinski definition) is 4. The van der Waals surface area contributed by atoms with Gasteiger partial charge in [-0.25, -0.2) is 4.39 Å². The summed E-state index contributed by atoms with van der Waals surface area (Å²) in [6.45, 7) is -0.428. The van der Waals surface area contributed by atoms with Gasteiger partial charge in [-0.05, 0) is 36.4 Å². The molecule has 0 aliphatic rings. The highest BCUT2D eigenvalue weighted by atomic mass is 35.5. The van der Waals surface area contributed by atoms with E-state index in [0.717, 1.165) is 0 Å². The van der Waals surface area contributed by atoms with E-state index in [1.165, 1.54) is 12.1 Å². The second-order valence-corrected chi connectivity index (χ2v) is 6.98. The summed E-state index contributed by atoms with van der Waals surface area (Å²) >= 11 is 0. The van der Waals surface area contributed by atoms with E-state index < -0.39 is 18.4 Å². The molecule has 0 bridgehead atoms. The quantitative estimate of drug-likeness (QED) is 0.153. The minimum absolute atomic E-state index is 0. The van der Waals surface area contributed by atoms with Crippen molar-refractivity contribution in [2.45, 2.75) is 12.6 Å². The van der Waals surface area contributed by atoms with Gasteiger partial charge in [0, 0.05) is 5.56 Å². The highest BCUT2D eigenvalue weighted by molar-refractivity contribution is 5.85. The van der Waals surface area contributed by atoms with Crippen molar-refractivity contribution in [3.63, 3.8) is 0 Å². The van der Waals surface area contributed by atoms with Crippen LogP contribution in [0.3, 0.4) is 0 Å². The monoisotopic (exact) mass is 524 g/mol. The van der Waals surface area contributed by atoms with E-state index in [1.807, 2.05) is 12.1 Å². The summed E-state index contributed by atoms with van der Waals surface area (Å²) < 4.78 is 37.9. The van der Waals surface area contributed by atoms with Gasteiger partial charge in [0.1, 0.15) is 42.2 Å². The third kappa shape index (κ3) is 9.42. The maximum Gasteiger partial charge on any atom is 0.229 e. The first-order valence-corrected chi connectivity index (χ1v) is 10.0. The molecule has 8 nitrogen and oxygen atoms in total. The average Bonchev–Trinajstić information content (AvgIpc) is 2.80.